The summed E-state index contributed by atoms with van der Waals surface area (Å²) in [5.74, 6) is 2.53. The molecule has 0 unspecified atom stereocenters. The number of fused-ring (bicyclic) bond motifs is 1. The number of methoxy groups -OCH3 is 3. The van der Waals surface area contributed by atoms with Crippen LogP contribution in [-0.4, -0.2) is 21.3 Å². The summed E-state index contributed by atoms with van der Waals surface area (Å²) in [5.41, 5.74) is 0.744. The molecule has 0 amide bonds. The van der Waals surface area contributed by atoms with Crippen molar-refractivity contribution in [3.8, 4) is 17.2 Å². The van der Waals surface area contributed by atoms with Crippen molar-refractivity contribution in [2.24, 2.45) is 0 Å². The molecular formula is C20H20O5. The second-order valence-corrected chi connectivity index (χ2v) is 5.64. The molecule has 130 valence electrons. The normalized spacial score (nSPS) is 10.7. The van der Waals surface area contributed by atoms with E-state index in [0.717, 1.165) is 23.1 Å². The summed E-state index contributed by atoms with van der Waals surface area (Å²) >= 11 is 0. The fourth-order valence-electron chi connectivity index (χ4n) is 2.78. The predicted octanol–water partition coefficient (Wildman–Crippen LogP) is 3.60. The number of hydrogen-bond donors (Lipinski definition) is 0. The van der Waals surface area contributed by atoms with Gasteiger partial charge in [0.25, 0.3) is 0 Å². The van der Waals surface area contributed by atoms with Gasteiger partial charge >= 0.3 is 5.63 Å². The first-order chi connectivity index (χ1) is 12.1. The van der Waals surface area contributed by atoms with Gasteiger partial charge in [-0.15, -0.1) is 0 Å². The van der Waals surface area contributed by atoms with Crippen LogP contribution in [0, 0.1) is 0 Å². The van der Waals surface area contributed by atoms with Gasteiger partial charge in [0, 0.05) is 12.5 Å². The molecule has 0 aliphatic carbocycles. The van der Waals surface area contributed by atoms with Gasteiger partial charge in [-0.05, 0) is 41.6 Å². The highest BCUT2D eigenvalue weighted by molar-refractivity contribution is 5.88. The average molecular weight is 340 g/mol. The Morgan fingerprint density at radius 2 is 1.56 bits per heavy atom. The van der Waals surface area contributed by atoms with Crippen LogP contribution in [0.5, 0.6) is 17.2 Å². The smallest absolute Gasteiger partial charge is 0.347 e. The third kappa shape index (κ3) is 3.60. The third-order valence-corrected chi connectivity index (χ3v) is 4.13. The number of aryl methyl sites for hydroxylation is 2. The SMILES string of the molecule is COc1ccc(CCc2cc3cc(OC)cc(OC)c3c(=O)o2)cc1. The predicted molar refractivity (Wildman–Crippen MR) is 96.0 cm³/mol. The lowest BCUT2D eigenvalue weighted by molar-refractivity contribution is 0.395. The molecule has 0 atom stereocenters. The molecule has 0 bridgehead atoms. The van der Waals surface area contributed by atoms with Crippen LogP contribution in [0.3, 0.4) is 0 Å². The van der Waals surface area contributed by atoms with Gasteiger partial charge in [0.05, 0.1) is 21.3 Å². The molecule has 5 heteroatoms. The Bertz CT molecular complexity index is 925. The summed E-state index contributed by atoms with van der Waals surface area (Å²) in [6.07, 6.45) is 1.39. The zero-order chi connectivity index (χ0) is 17.8. The summed E-state index contributed by atoms with van der Waals surface area (Å²) in [5, 5.41) is 1.17. The van der Waals surface area contributed by atoms with E-state index < -0.39 is 5.63 Å². The highest BCUT2D eigenvalue weighted by atomic mass is 16.5. The maximum atomic E-state index is 12.4. The van der Waals surface area contributed by atoms with E-state index in [9.17, 15) is 4.79 Å². The molecular weight excluding hydrogens is 320 g/mol. The Labute approximate surface area is 145 Å². The highest BCUT2D eigenvalue weighted by Crippen LogP contribution is 2.29. The molecule has 1 aromatic heterocycles. The molecule has 0 saturated carbocycles. The Morgan fingerprint density at radius 3 is 2.20 bits per heavy atom. The fraction of sp³-hybridized carbons (Fsp3) is 0.250. The molecule has 3 aromatic rings. The molecule has 0 fully saturated rings. The molecule has 2 aromatic carbocycles. The summed E-state index contributed by atoms with van der Waals surface area (Å²) in [7, 11) is 4.74. The number of benzene rings is 2. The molecule has 3 rings (SSSR count). The van der Waals surface area contributed by atoms with Crippen LogP contribution in [0.25, 0.3) is 10.8 Å². The number of ether oxygens (including phenoxy) is 3. The Kier molecular flexibility index (Phi) is 4.93. The van der Waals surface area contributed by atoms with Gasteiger partial charge in [-0.3, -0.25) is 0 Å². The van der Waals surface area contributed by atoms with Crippen molar-refractivity contribution < 1.29 is 18.6 Å². The van der Waals surface area contributed by atoms with Gasteiger partial charge in [-0.2, -0.15) is 0 Å². The molecule has 0 aliphatic rings. The zero-order valence-electron chi connectivity index (χ0n) is 14.5. The van der Waals surface area contributed by atoms with E-state index in [1.807, 2.05) is 36.4 Å². The zero-order valence-corrected chi connectivity index (χ0v) is 14.5. The minimum atomic E-state index is -0.401. The van der Waals surface area contributed by atoms with Crippen LogP contribution in [0.4, 0.5) is 0 Å². The first-order valence-electron chi connectivity index (χ1n) is 7.96. The third-order valence-electron chi connectivity index (χ3n) is 4.13. The maximum absolute atomic E-state index is 12.4. The van der Waals surface area contributed by atoms with Gasteiger partial charge in [-0.1, -0.05) is 12.1 Å². The Hall–Kier alpha value is -2.95. The topological polar surface area (TPSA) is 57.9 Å². The Morgan fingerprint density at radius 1 is 0.840 bits per heavy atom. The van der Waals surface area contributed by atoms with Gasteiger partial charge in [0.15, 0.2) is 0 Å². The molecule has 1 heterocycles. The van der Waals surface area contributed by atoms with Crippen LogP contribution in [0.2, 0.25) is 0 Å². The van der Waals surface area contributed by atoms with Crippen molar-refractivity contribution in [3.63, 3.8) is 0 Å². The Balaban J connectivity index is 1.90. The number of rotatable bonds is 6. The monoisotopic (exact) mass is 340 g/mol. The molecule has 0 radical (unpaired) electrons. The fourth-order valence-corrected chi connectivity index (χ4v) is 2.78. The van der Waals surface area contributed by atoms with Crippen LogP contribution in [-0.2, 0) is 12.8 Å². The average Bonchev–Trinajstić information content (AvgIpc) is 2.65. The molecule has 5 nitrogen and oxygen atoms in total. The van der Waals surface area contributed by atoms with Gasteiger partial charge in [0.1, 0.15) is 28.4 Å². The highest BCUT2D eigenvalue weighted by Gasteiger charge is 2.12. The minimum Gasteiger partial charge on any atom is -0.497 e. The number of hydrogen-bond acceptors (Lipinski definition) is 5. The maximum Gasteiger partial charge on any atom is 0.347 e. The second kappa shape index (κ2) is 7.30. The van der Waals surface area contributed by atoms with Gasteiger partial charge in [-0.25, -0.2) is 4.79 Å². The van der Waals surface area contributed by atoms with E-state index in [-0.39, 0.29) is 0 Å². The van der Waals surface area contributed by atoms with E-state index >= 15 is 0 Å². The lowest BCUT2D eigenvalue weighted by Gasteiger charge is -2.09. The molecule has 0 N–H and O–H groups in total. The van der Waals surface area contributed by atoms with E-state index in [1.54, 1.807) is 20.3 Å². The van der Waals surface area contributed by atoms with Crippen molar-refractivity contribution in [2.75, 3.05) is 21.3 Å². The van der Waals surface area contributed by atoms with E-state index in [0.29, 0.717) is 29.1 Å². The quantitative estimate of drug-likeness (QED) is 0.686. The van der Waals surface area contributed by atoms with Gasteiger partial charge in [0.2, 0.25) is 0 Å². The van der Waals surface area contributed by atoms with Crippen molar-refractivity contribution >= 4 is 10.8 Å². The van der Waals surface area contributed by atoms with Gasteiger partial charge < -0.3 is 18.6 Å². The lowest BCUT2D eigenvalue weighted by Crippen LogP contribution is -2.05. The molecule has 0 spiro atoms. The first kappa shape index (κ1) is 16.9. The largest absolute Gasteiger partial charge is 0.497 e. The van der Waals surface area contributed by atoms with Crippen molar-refractivity contribution in [1.29, 1.82) is 0 Å². The van der Waals surface area contributed by atoms with Crippen molar-refractivity contribution in [1.82, 2.24) is 0 Å². The minimum absolute atomic E-state index is 0.401. The van der Waals surface area contributed by atoms with E-state index in [1.165, 1.54) is 7.11 Å². The molecule has 25 heavy (non-hydrogen) atoms. The standard InChI is InChI=1S/C20H20O5/c1-22-15-7-4-13(5-8-15)6-9-16-10-14-11-17(23-2)12-18(24-3)19(14)20(21)25-16/h4-5,7-8,10-12H,6,9H2,1-3H3. The van der Waals surface area contributed by atoms with E-state index in [2.05, 4.69) is 0 Å². The van der Waals surface area contributed by atoms with Crippen LogP contribution < -0.4 is 19.8 Å². The first-order valence-corrected chi connectivity index (χ1v) is 7.96. The van der Waals surface area contributed by atoms with Crippen LogP contribution >= 0.6 is 0 Å². The summed E-state index contributed by atoms with van der Waals surface area (Å²) in [6.45, 7) is 0. The lowest BCUT2D eigenvalue weighted by atomic mass is 10.1. The summed E-state index contributed by atoms with van der Waals surface area (Å²) in [6, 6.07) is 13.2. The van der Waals surface area contributed by atoms with Crippen LogP contribution in [0.1, 0.15) is 11.3 Å². The van der Waals surface area contributed by atoms with Crippen molar-refractivity contribution in [3.05, 3.63) is 64.2 Å². The van der Waals surface area contributed by atoms with Crippen molar-refractivity contribution in [2.45, 2.75) is 12.8 Å². The van der Waals surface area contributed by atoms with E-state index in [4.69, 9.17) is 18.6 Å². The molecule has 0 aliphatic heterocycles. The summed E-state index contributed by atoms with van der Waals surface area (Å²) < 4.78 is 21.2. The summed E-state index contributed by atoms with van der Waals surface area (Å²) in [4.78, 5) is 12.4. The molecule has 0 saturated heterocycles. The van der Waals surface area contributed by atoms with Crippen LogP contribution in [0.15, 0.2) is 51.7 Å². The second-order valence-electron chi connectivity index (χ2n) is 5.64.